The Morgan fingerprint density at radius 2 is 1.56 bits per heavy atom. The molecule has 0 saturated carbocycles. The average Bonchev–Trinajstić information content (AvgIpc) is 3.20. The van der Waals surface area contributed by atoms with E-state index in [1.807, 2.05) is 54.6 Å². The Kier molecular flexibility index (Phi) is 6.59. The first-order valence-electron chi connectivity index (χ1n) is 12.7. The minimum absolute atomic E-state index is 0.122. The zero-order chi connectivity index (χ0) is 26.5. The number of para-hydroxylation sites is 1. The lowest BCUT2D eigenvalue weighted by Gasteiger charge is -2.38. The van der Waals surface area contributed by atoms with E-state index < -0.39 is 13.9 Å². The van der Waals surface area contributed by atoms with Gasteiger partial charge in [-0.15, -0.1) is 0 Å². The number of carbonyl (C=O) groups is 1. The maximum absolute atomic E-state index is 12.7. The molecular formula is C31H39NO3Si. The predicted octanol–water partition coefficient (Wildman–Crippen LogP) is 8.10. The number of carbonyl (C=O) groups excluding carboxylic acids is 1. The first-order valence-corrected chi connectivity index (χ1v) is 15.6. The van der Waals surface area contributed by atoms with E-state index in [0.29, 0.717) is 5.56 Å². The zero-order valence-corrected chi connectivity index (χ0v) is 24.1. The molecule has 0 aromatic heterocycles. The first-order chi connectivity index (χ1) is 16.7. The van der Waals surface area contributed by atoms with Crippen LogP contribution in [0.25, 0.3) is 0 Å². The molecule has 0 spiro atoms. The summed E-state index contributed by atoms with van der Waals surface area (Å²) >= 11 is 0. The number of fused-ring (bicyclic) bond motifs is 1. The lowest BCUT2D eigenvalue weighted by Crippen LogP contribution is -2.44. The van der Waals surface area contributed by atoms with Crippen molar-refractivity contribution in [3.63, 3.8) is 0 Å². The monoisotopic (exact) mass is 501 g/mol. The average molecular weight is 502 g/mol. The van der Waals surface area contributed by atoms with Gasteiger partial charge < -0.3 is 14.5 Å². The second-order valence-corrected chi connectivity index (χ2v) is 16.5. The number of hydrogen-bond donors (Lipinski definition) is 1. The van der Waals surface area contributed by atoms with E-state index >= 15 is 0 Å². The fraction of sp³-hybridized carbons (Fsp3) is 0.387. The fourth-order valence-electron chi connectivity index (χ4n) is 4.53. The van der Waals surface area contributed by atoms with Gasteiger partial charge in [-0.2, -0.15) is 0 Å². The Hall–Kier alpha value is -3.05. The SMILES string of the molecule is Cc1c(C)c2c(c(C)c1O[Si](C)(C)C(C)(C)C)CC(C)(c1ccc(C(=O)Nc3ccccc3)cc1)O2. The number of benzene rings is 3. The summed E-state index contributed by atoms with van der Waals surface area (Å²) < 4.78 is 13.5. The van der Waals surface area contributed by atoms with Crippen LogP contribution >= 0.6 is 0 Å². The molecule has 1 atom stereocenters. The predicted molar refractivity (Wildman–Crippen MR) is 151 cm³/mol. The van der Waals surface area contributed by atoms with Crippen molar-refractivity contribution in [2.45, 2.75) is 78.6 Å². The molecule has 1 unspecified atom stereocenters. The second-order valence-electron chi connectivity index (χ2n) is 11.8. The number of anilines is 1. The molecule has 36 heavy (non-hydrogen) atoms. The van der Waals surface area contributed by atoms with Crippen molar-refractivity contribution in [1.82, 2.24) is 0 Å². The van der Waals surface area contributed by atoms with Gasteiger partial charge in [0, 0.05) is 23.2 Å². The van der Waals surface area contributed by atoms with Crippen molar-refractivity contribution < 1.29 is 14.0 Å². The molecule has 1 amide bonds. The van der Waals surface area contributed by atoms with Gasteiger partial charge in [0.25, 0.3) is 14.2 Å². The van der Waals surface area contributed by atoms with Crippen LogP contribution in [0.5, 0.6) is 11.5 Å². The molecule has 190 valence electrons. The molecule has 4 nitrogen and oxygen atoms in total. The maximum Gasteiger partial charge on any atom is 0.255 e. The highest BCUT2D eigenvalue weighted by atomic mass is 28.4. The molecule has 4 rings (SSSR count). The molecular weight excluding hydrogens is 462 g/mol. The summed E-state index contributed by atoms with van der Waals surface area (Å²) in [5.74, 6) is 1.88. The van der Waals surface area contributed by atoms with Crippen molar-refractivity contribution in [2.75, 3.05) is 5.32 Å². The lowest BCUT2D eigenvalue weighted by atomic mass is 9.88. The number of rotatable bonds is 5. The zero-order valence-electron chi connectivity index (χ0n) is 23.1. The van der Waals surface area contributed by atoms with Crippen molar-refractivity contribution in [3.05, 3.63) is 88.0 Å². The summed E-state index contributed by atoms with van der Waals surface area (Å²) in [6, 6.07) is 17.3. The summed E-state index contributed by atoms with van der Waals surface area (Å²) in [7, 11) is -1.99. The van der Waals surface area contributed by atoms with Crippen LogP contribution in [0.15, 0.2) is 54.6 Å². The Morgan fingerprint density at radius 1 is 0.944 bits per heavy atom. The molecule has 1 aliphatic heterocycles. The number of amides is 1. The van der Waals surface area contributed by atoms with Gasteiger partial charge in [-0.1, -0.05) is 51.1 Å². The van der Waals surface area contributed by atoms with Gasteiger partial charge in [-0.25, -0.2) is 0 Å². The normalized spacial score (nSPS) is 17.4. The summed E-state index contributed by atoms with van der Waals surface area (Å²) in [6.45, 7) is 20.0. The van der Waals surface area contributed by atoms with E-state index in [4.69, 9.17) is 9.16 Å². The third-order valence-electron chi connectivity index (χ3n) is 8.11. The molecule has 1 aliphatic rings. The van der Waals surface area contributed by atoms with Crippen LogP contribution in [0.2, 0.25) is 18.1 Å². The van der Waals surface area contributed by atoms with Crippen LogP contribution in [-0.2, 0) is 12.0 Å². The van der Waals surface area contributed by atoms with Crippen LogP contribution in [0.1, 0.15) is 65.9 Å². The highest BCUT2D eigenvalue weighted by Crippen LogP contribution is 2.50. The van der Waals surface area contributed by atoms with Crippen molar-refractivity contribution >= 4 is 19.9 Å². The first kappa shape index (κ1) is 26.0. The second kappa shape index (κ2) is 9.11. The molecule has 0 bridgehead atoms. The van der Waals surface area contributed by atoms with Gasteiger partial charge >= 0.3 is 0 Å². The standard InChI is InChI=1S/C31H39NO3Si/c1-20-21(2)28-26(22(3)27(20)35-36(8,9)30(4,5)6)19-31(7,34-28)24-17-15-23(16-18-24)29(33)32-25-13-11-10-12-14-25/h10-18H,19H2,1-9H3,(H,32,33). The molecule has 0 radical (unpaired) electrons. The molecule has 1 heterocycles. The summed E-state index contributed by atoms with van der Waals surface area (Å²) in [6.07, 6.45) is 0.763. The Bertz CT molecular complexity index is 1290. The van der Waals surface area contributed by atoms with E-state index in [0.717, 1.165) is 40.3 Å². The van der Waals surface area contributed by atoms with Crippen LogP contribution in [0.4, 0.5) is 5.69 Å². The summed E-state index contributed by atoms with van der Waals surface area (Å²) in [5, 5.41) is 3.07. The largest absolute Gasteiger partial charge is 0.543 e. The molecule has 0 fully saturated rings. The van der Waals surface area contributed by atoms with Gasteiger partial charge in [0.05, 0.1) is 0 Å². The van der Waals surface area contributed by atoms with E-state index in [2.05, 4.69) is 66.9 Å². The number of nitrogens with one attached hydrogen (secondary N) is 1. The smallest absolute Gasteiger partial charge is 0.255 e. The Labute approximate surface area is 217 Å². The van der Waals surface area contributed by atoms with E-state index in [9.17, 15) is 4.79 Å². The molecule has 3 aromatic rings. The van der Waals surface area contributed by atoms with Gasteiger partial charge in [0.15, 0.2) is 0 Å². The fourth-order valence-corrected chi connectivity index (χ4v) is 5.65. The molecule has 1 N–H and O–H groups in total. The van der Waals surface area contributed by atoms with Crippen LogP contribution in [-0.4, -0.2) is 14.2 Å². The molecule has 5 heteroatoms. The number of ether oxygens (including phenoxy) is 1. The van der Waals surface area contributed by atoms with Gasteiger partial charge in [-0.3, -0.25) is 4.79 Å². The summed E-state index contributed by atoms with van der Waals surface area (Å²) in [4.78, 5) is 12.7. The molecule has 0 saturated heterocycles. The Balaban J connectivity index is 1.61. The van der Waals surface area contributed by atoms with Crippen molar-refractivity contribution in [1.29, 1.82) is 0 Å². The van der Waals surface area contributed by atoms with Crippen LogP contribution in [0.3, 0.4) is 0 Å². The highest BCUT2D eigenvalue weighted by molar-refractivity contribution is 6.74. The minimum atomic E-state index is -1.99. The minimum Gasteiger partial charge on any atom is -0.543 e. The number of hydrogen-bond acceptors (Lipinski definition) is 3. The van der Waals surface area contributed by atoms with Gasteiger partial charge in [0.1, 0.15) is 17.1 Å². The lowest BCUT2D eigenvalue weighted by molar-refractivity contribution is 0.102. The third kappa shape index (κ3) is 4.69. The third-order valence-corrected chi connectivity index (χ3v) is 12.4. The topological polar surface area (TPSA) is 47.6 Å². The summed E-state index contributed by atoms with van der Waals surface area (Å²) in [5.41, 5.74) is 6.66. The maximum atomic E-state index is 12.7. The Morgan fingerprint density at radius 3 is 2.14 bits per heavy atom. The molecule has 0 aliphatic carbocycles. The van der Waals surface area contributed by atoms with Crippen molar-refractivity contribution in [2.24, 2.45) is 0 Å². The van der Waals surface area contributed by atoms with Crippen LogP contribution < -0.4 is 14.5 Å². The van der Waals surface area contributed by atoms with E-state index in [1.165, 1.54) is 11.1 Å². The van der Waals surface area contributed by atoms with Gasteiger partial charge in [0.2, 0.25) is 0 Å². The molecule has 3 aromatic carbocycles. The van der Waals surface area contributed by atoms with Gasteiger partial charge in [-0.05, 0) is 92.3 Å². The van der Waals surface area contributed by atoms with Crippen molar-refractivity contribution in [3.8, 4) is 11.5 Å². The quantitative estimate of drug-likeness (QED) is 0.359. The van der Waals surface area contributed by atoms with E-state index in [-0.39, 0.29) is 10.9 Å². The van der Waals surface area contributed by atoms with E-state index in [1.54, 1.807) is 0 Å². The highest BCUT2D eigenvalue weighted by Gasteiger charge is 2.43. The van der Waals surface area contributed by atoms with Crippen LogP contribution in [0, 0.1) is 20.8 Å².